The van der Waals surface area contributed by atoms with Crippen LogP contribution in [0.1, 0.15) is 35.1 Å². The summed E-state index contributed by atoms with van der Waals surface area (Å²) in [5, 5.41) is 0.712. The summed E-state index contributed by atoms with van der Waals surface area (Å²) in [7, 11) is 0. The molecule has 6 heteroatoms. The fraction of sp³-hybridized carbons (Fsp3) is 0.409. The van der Waals surface area contributed by atoms with Gasteiger partial charge in [0.15, 0.2) is 0 Å². The number of amides is 1. The summed E-state index contributed by atoms with van der Waals surface area (Å²) in [4.78, 5) is 14.0. The van der Waals surface area contributed by atoms with Crippen molar-refractivity contribution < 1.29 is 14.3 Å². The van der Waals surface area contributed by atoms with E-state index in [1.807, 2.05) is 50.2 Å². The number of likely N-dealkylation sites (tertiary alicyclic amines) is 1. The minimum Gasteiger partial charge on any atom is -0.493 e. The van der Waals surface area contributed by atoms with Gasteiger partial charge < -0.3 is 14.4 Å². The molecule has 0 spiro atoms. The van der Waals surface area contributed by atoms with Crippen molar-refractivity contribution in [1.29, 1.82) is 0 Å². The Morgan fingerprint density at radius 2 is 1.96 bits per heavy atom. The molecule has 150 valence electrons. The summed E-state index contributed by atoms with van der Waals surface area (Å²) >= 11 is 12.4. The van der Waals surface area contributed by atoms with Gasteiger partial charge in [-0.25, -0.2) is 4.79 Å². The molecule has 2 aromatic carbocycles. The summed E-state index contributed by atoms with van der Waals surface area (Å²) in [6.07, 6.45) is 0.401. The number of hydrogen-bond donors (Lipinski definition) is 0. The quantitative estimate of drug-likeness (QED) is 0.548. The van der Waals surface area contributed by atoms with E-state index in [1.165, 1.54) is 0 Å². The number of halogens is 2. The molecular weight excluding hydrogens is 397 g/mol. The van der Waals surface area contributed by atoms with Crippen LogP contribution in [0.3, 0.4) is 0 Å². The van der Waals surface area contributed by atoms with Gasteiger partial charge >= 0.3 is 6.09 Å². The van der Waals surface area contributed by atoms with E-state index in [1.54, 1.807) is 4.90 Å². The van der Waals surface area contributed by atoms with Crippen LogP contribution in [-0.2, 0) is 17.8 Å². The fourth-order valence-corrected chi connectivity index (χ4v) is 3.95. The number of nitrogens with zero attached hydrogens (tertiary/aromatic N) is 1. The molecule has 1 fully saturated rings. The molecule has 0 N–H and O–H groups in total. The van der Waals surface area contributed by atoms with Crippen LogP contribution in [0, 0.1) is 6.92 Å². The molecule has 1 amide bonds. The molecule has 4 nitrogen and oxygen atoms in total. The first-order valence-electron chi connectivity index (χ1n) is 9.51. The van der Waals surface area contributed by atoms with Crippen LogP contribution in [0.4, 0.5) is 4.79 Å². The zero-order valence-corrected chi connectivity index (χ0v) is 17.7. The van der Waals surface area contributed by atoms with Crippen molar-refractivity contribution in [2.75, 3.05) is 25.6 Å². The van der Waals surface area contributed by atoms with Crippen molar-refractivity contribution in [2.45, 2.75) is 32.8 Å². The lowest BCUT2D eigenvalue weighted by Gasteiger charge is -2.40. The monoisotopic (exact) mass is 421 g/mol. The summed E-state index contributed by atoms with van der Waals surface area (Å²) < 4.78 is 11.4. The van der Waals surface area contributed by atoms with Gasteiger partial charge in [0.2, 0.25) is 0 Å². The second kappa shape index (κ2) is 9.53. The Morgan fingerprint density at radius 3 is 2.61 bits per heavy atom. The standard InChI is InChI=1S/C22H25Cl2NO3/c1-3-27-21-17(9-10-23)11-19(24)15(2)20(21)18-12-25(13-18)22(26)28-14-16-7-5-4-6-8-16/h4-8,11,18H,3,9-10,12-14H2,1-2H3. The maximum atomic E-state index is 12.3. The molecule has 0 bridgehead atoms. The van der Waals surface area contributed by atoms with E-state index < -0.39 is 0 Å². The van der Waals surface area contributed by atoms with Gasteiger partial charge in [-0.05, 0) is 43.0 Å². The van der Waals surface area contributed by atoms with E-state index in [4.69, 9.17) is 32.7 Å². The topological polar surface area (TPSA) is 38.8 Å². The van der Waals surface area contributed by atoms with E-state index in [0.717, 1.165) is 28.0 Å². The number of alkyl halides is 1. The summed E-state index contributed by atoms with van der Waals surface area (Å²) in [6, 6.07) is 11.6. The third-order valence-electron chi connectivity index (χ3n) is 5.01. The molecule has 2 aromatic rings. The Morgan fingerprint density at radius 1 is 1.25 bits per heavy atom. The number of carbonyl (C=O) groups is 1. The van der Waals surface area contributed by atoms with E-state index in [2.05, 4.69) is 0 Å². The van der Waals surface area contributed by atoms with Crippen molar-refractivity contribution in [2.24, 2.45) is 0 Å². The first kappa shape index (κ1) is 20.8. The lowest BCUT2D eigenvalue weighted by atomic mass is 9.86. The van der Waals surface area contributed by atoms with Gasteiger partial charge in [-0.2, -0.15) is 0 Å². The van der Waals surface area contributed by atoms with E-state index >= 15 is 0 Å². The molecule has 1 aliphatic heterocycles. The van der Waals surface area contributed by atoms with E-state index in [-0.39, 0.29) is 18.6 Å². The lowest BCUT2D eigenvalue weighted by Crippen LogP contribution is -2.49. The minimum atomic E-state index is -0.293. The zero-order chi connectivity index (χ0) is 20.1. The van der Waals surface area contributed by atoms with Crippen molar-refractivity contribution >= 4 is 29.3 Å². The van der Waals surface area contributed by atoms with Gasteiger partial charge in [0.25, 0.3) is 0 Å². The average molecular weight is 422 g/mol. The maximum Gasteiger partial charge on any atom is 0.410 e. The number of aryl methyl sites for hydroxylation is 1. The summed E-state index contributed by atoms with van der Waals surface area (Å²) in [5.74, 6) is 1.55. The van der Waals surface area contributed by atoms with Crippen LogP contribution in [0.5, 0.6) is 5.75 Å². The smallest absolute Gasteiger partial charge is 0.410 e. The Bertz CT molecular complexity index is 820. The highest BCUT2D eigenvalue weighted by atomic mass is 35.5. The highest BCUT2D eigenvalue weighted by molar-refractivity contribution is 6.31. The minimum absolute atomic E-state index is 0.179. The molecule has 0 saturated carbocycles. The predicted molar refractivity (Wildman–Crippen MR) is 113 cm³/mol. The highest BCUT2D eigenvalue weighted by Gasteiger charge is 2.36. The summed E-state index contributed by atoms with van der Waals surface area (Å²) in [5.41, 5.74) is 4.09. The third-order valence-corrected chi connectivity index (χ3v) is 5.59. The highest BCUT2D eigenvalue weighted by Crippen LogP contribution is 2.41. The third kappa shape index (κ3) is 4.56. The number of rotatable bonds is 7. The molecule has 1 aliphatic rings. The van der Waals surface area contributed by atoms with Crippen molar-refractivity contribution in [3.05, 3.63) is 63.7 Å². The Balaban J connectivity index is 1.69. The predicted octanol–water partition coefficient (Wildman–Crippen LogP) is 5.56. The Hall–Kier alpha value is -1.91. The second-order valence-electron chi connectivity index (χ2n) is 6.90. The Labute approximate surface area is 176 Å². The van der Waals surface area contributed by atoms with Crippen molar-refractivity contribution in [3.63, 3.8) is 0 Å². The molecule has 1 saturated heterocycles. The van der Waals surface area contributed by atoms with Crippen LogP contribution in [0.15, 0.2) is 36.4 Å². The molecule has 28 heavy (non-hydrogen) atoms. The number of hydrogen-bond acceptors (Lipinski definition) is 3. The maximum absolute atomic E-state index is 12.3. The van der Waals surface area contributed by atoms with Gasteiger partial charge in [-0.15, -0.1) is 11.6 Å². The van der Waals surface area contributed by atoms with Crippen LogP contribution < -0.4 is 4.74 Å². The van der Waals surface area contributed by atoms with E-state index in [9.17, 15) is 4.79 Å². The number of carbonyl (C=O) groups excluding carboxylic acids is 1. The lowest BCUT2D eigenvalue weighted by molar-refractivity contribution is 0.0657. The van der Waals surface area contributed by atoms with Crippen molar-refractivity contribution in [1.82, 2.24) is 4.90 Å². The molecule has 0 unspecified atom stereocenters. The van der Waals surface area contributed by atoms with Gasteiger partial charge in [0, 0.05) is 35.5 Å². The summed E-state index contributed by atoms with van der Waals surface area (Å²) in [6.45, 7) is 6.00. The van der Waals surface area contributed by atoms with Gasteiger partial charge in [0.05, 0.1) is 6.61 Å². The average Bonchev–Trinajstić information content (AvgIpc) is 2.66. The molecule has 3 rings (SSSR count). The SMILES string of the molecule is CCOc1c(CCCl)cc(Cl)c(C)c1C1CN(C(=O)OCc2ccccc2)C1. The van der Waals surface area contributed by atoms with Gasteiger partial charge in [-0.1, -0.05) is 41.9 Å². The molecule has 1 heterocycles. The zero-order valence-electron chi connectivity index (χ0n) is 16.2. The van der Waals surface area contributed by atoms with Crippen LogP contribution in [0.25, 0.3) is 0 Å². The Kier molecular flexibility index (Phi) is 7.08. The first-order chi connectivity index (χ1) is 13.5. The number of ether oxygens (including phenoxy) is 2. The van der Waals surface area contributed by atoms with Gasteiger partial charge in [0.1, 0.15) is 12.4 Å². The van der Waals surface area contributed by atoms with Crippen molar-refractivity contribution in [3.8, 4) is 5.75 Å². The largest absolute Gasteiger partial charge is 0.493 e. The normalized spacial score (nSPS) is 13.9. The number of benzene rings is 2. The first-order valence-corrected chi connectivity index (χ1v) is 10.4. The molecule has 0 aromatic heterocycles. The van der Waals surface area contributed by atoms with Crippen LogP contribution in [0.2, 0.25) is 5.02 Å². The molecular formula is C22H25Cl2NO3. The fourth-order valence-electron chi connectivity index (χ4n) is 3.51. The van der Waals surface area contributed by atoms with Crippen LogP contribution >= 0.6 is 23.2 Å². The van der Waals surface area contributed by atoms with Crippen LogP contribution in [-0.4, -0.2) is 36.6 Å². The molecule has 0 radical (unpaired) electrons. The molecule has 0 atom stereocenters. The second-order valence-corrected chi connectivity index (χ2v) is 7.68. The van der Waals surface area contributed by atoms with E-state index in [0.29, 0.717) is 37.0 Å². The molecule has 0 aliphatic carbocycles. The van der Waals surface area contributed by atoms with Gasteiger partial charge in [-0.3, -0.25) is 0 Å².